The van der Waals surface area contributed by atoms with Gasteiger partial charge in [0.05, 0.1) is 6.54 Å². The second kappa shape index (κ2) is 4.97. The minimum absolute atomic E-state index is 0.142. The third kappa shape index (κ3) is 2.65. The van der Waals surface area contributed by atoms with Crippen LogP contribution in [0.4, 0.5) is 8.78 Å². The molecule has 0 aromatic heterocycles. The highest BCUT2D eigenvalue weighted by Gasteiger charge is 2.61. The predicted molar refractivity (Wildman–Crippen MR) is 68.1 cm³/mol. The normalized spacial score (nSPS) is 34.5. The van der Waals surface area contributed by atoms with Gasteiger partial charge in [-0.2, -0.15) is 0 Å². The van der Waals surface area contributed by atoms with Gasteiger partial charge in [0.2, 0.25) is 11.8 Å². The number of fused-ring (bicyclic) bond motifs is 1. The zero-order valence-corrected chi connectivity index (χ0v) is 11.4. The van der Waals surface area contributed by atoms with E-state index in [1.54, 1.807) is 4.90 Å². The molecule has 0 spiro atoms. The van der Waals surface area contributed by atoms with Crippen molar-refractivity contribution in [2.75, 3.05) is 19.6 Å². The lowest BCUT2D eigenvalue weighted by molar-refractivity contribution is -0.133. The van der Waals surface area contributed by atoms with E-state index in [1.165, 1.54) is 25.7 Å². The molecule has 3 atom stereocenters. The highest BCUT2D eigenvalue weighted by atomic mass is 19.3. The summed E-state index contributed by atoms with van der Waals surface area (Å²) in [6.45, 7) is 1.38. The molecule has 0 aromatic rings. The maximum atomic E-state index is 12.7. The standard InChI is InChI=1S/C14H20F2N2O2/c15-14(16)5-11(14)13(20)17-6-12(19)18-7-9-3-1-2-4-10(9)8-18/h9-11H,1-8H2,(H,17,20). The topological polar surface area (TPSA) is 49.4 Å². The molecule has 1 saturated heterocycles. The van der Waals surface area contributed by atoms with Gasteiger partial charge in [0.1, 0.15) is 5.92 Å². The SMILES string of the molecule is O=C(NCC(=O)N1CC2CCCCC2C1)C1CC1(F)F. The van der Waals surface area contributed by atoms with E-state index < -0.39 is 17.7 Å². The molecule has 2 saturated carbocycles. The van der Waals surface area contributed by atoms with Crippen LogP contribution < -0.4 is 5.32 Å². The summed E-state index contributed by atoms with van der Waals surface area (Å²) in [6.07, 6.45) is 4.43. The fourth-order valence-corrected chi connectivity index (χ4v) is 3.50. The summed E-state index contributed by atoms with van der Waals surface area (Å²) >= 11 is 0. The number of likely N-dealkylation sites (tertiary alicyclic amines) is 1. The van der Waals surface area contributed by atoms with Crippen molar-refractivity contribution < 1.29 is 18.4 Å². The molecule has 3 aliphatic rings. The van der Waals surface area contributed by atoms with Gasteiger partial charge in [-0.15, -0.1) is 0 Å². The number of nitrogens with zero attached hydrogens (tertiary/aromatic N) is 1. The first kappa shape index (κ1) is 13.8. The van der Waals surface area contributed by atoms with Crippen molar-refractivity contribution in [3.63, 3.8) is 0 Å². The average Bonchev–Trinajstić information content (AvgIpc) is 2.88. The Morgan fingerprint density at radius 2 is 1.70 bits per heavy atom. The predicted octanol–water partition coefficient (Wildman–Crippen LogP) is 1.41. The fourth-order valence-electron chi connectivity index (χ4n) is 3.50. The lowest BCUT2D eigenvalue weighted by Gasteiger charge is -2.22. The quantitative estimate of drug-likeness (QED) is 0.852. The van der Waals surface area contributed by atoms with Gasteiger partial charge >= 0.3 is 0 Å². The van der Waals surface area contributed by atoms with Gasteiger partial charge in [-0.3, -0.25) is 9.59 Å². The Hall–Kier alpha value is -1.20. The molecular weight excluding hydrogens is 266 g/mol. The van der Waals surface area contributed by atoms with E-state index in [2.05, 4.69) is 5.32 Å². The Bertz CT molecular complexity index is 413. The molecule has 4 nitrogen and oxygen atoms in total. The molecule has 112 valence electrons. The zero-order valence-electron chi connectivity index (χ0n) is 11.4. The van der Waals surface area contributed by atoms with Gasteiger partial charge in [-0.25, -0.2) is 8.78 Å². The van der Waals surface area contributed by atoms with Crippen LogP contribution in [0.25, 0.3) is 0 Å². The van der Waals surface area contributed by atoms with Crippen LogP contribution in [0.5, 0.6) is 0 Å². The van der Waals surface area contributed by atoms with Crippen molar-refractivity contribution in [3.8, 4) is 0 Å². The lowest BCUT2D eigenvalue weighted by Crippen LogP contribution is -2.40. The summed E-state index contributed by atoms with van der Waals surface area (Å²) in [5.74, 6) is -3.74. The molecule has 1 N–H and O–H groups in total. The number of hydrogen-bond donors (Lipinski definition) is 1. The summed E-state index contributed by atoms with van der Waals surface area (Å²) in [4.78, 5) is 25.2. The van der Waals surface area contributed by atoms with Crippen LogP contribution in [0, 0.1) is 17.8 Å². The number of alkyl halides is 2. The molecule has 3 rings (SSSR count). The third-order valence-electron chi connectivity index (χ3n) is 4.89. The number of carbonyl (C=O) groups excluding carboxylic acids is 2. The molecule has 2 amide bonds. The van der Waals surface area contributed by atoms with E-state index >= 15 is 0 Å². The lowest BCUT2D eigenvalue weighted by atomic mass is 9.82. The Balaban J connectivity index is 1.45. The van der Waals surface area contributed by atoms with Crippen molar-refractivity contribution in [2.45, 2.75) is 38.0 Å². The molecule has 3 fully saturated rings. The van der Waals surface area contributed by atoms with E-state index in [1.807, 2.05) is 0 Å². The summed E-state index contributed by atoms with van der Waals surface area (Å²) in [5, 5.41) is 2.35. The molecule has 0 radical (unpaired) electrons. The van der Waals surface area contributed by atoms with Gasteiger partial charge in [0, 0.05) is 19.5 Å². The minimum Gasteiger partial charge on any atom is -0.347 e. The van der Waals surface area contributed by atoms with Crippen molar-refractivity contribution in [3.05, 3.63) is 0 Å². The Kier molecular flexibility index (Phi) is 3.42. The molecule has 1 heterocycles. The summed E-state index contributed by atoms with van der Waals surface area (Å²) in [5.41, 5.74) is 0. The average molecular weight is 286 g/mol. The van der Waals surface area contributed by atoms with Gasteiger partial charge in [0.25, 0.3) is 5.92 Å². The Morgan fingerprint density at radius 1 is 1.15 bits per heavy atom. The molecule has 0 bridgehead atoms. The molecule has 6 heteroatoms. The molecule has 2 aliphatic carbocycles. The summed E-state index contributed by atoms with van der Waals surface area (Å²) < 4.78 is 25.4. The van der Waals surface area contributed by atoms with E-state index in [0.29, 0.717) is 11.8 Å². The van der Waals surface area contributed by atoms with Gasteiger partial charge in [0.15, 0.2) is 0 Å². The number of carbonyl (C=O) groups is 2. The minimum atomic E-state index is -2.87. The highest BCUT2D eigenvalue weighted by molar-refractivity contribution is 5.88. The fraction of sp³-hybridized carbons (Fsp3) is 0.857. The number of amides is 2. The molecule has 0 aromatic carbocycles. The van der Waals surface area contributed by atoms with E-state index in [4.69, 9.17) is 0 Å². The van der Waals surface area contributed by atoms with Crippen LogP contribution in [0.2, 0.25) is 0 Å². The van der Waals surface area contributed by atoms with E-state index in [-0.39, 0.29) is 18.9 Å². The monoisotopic (exact) mass is 286 g/mol. The third-order valence-corrected chi connectivity index (χ3v) is 4.89. The number of nitrogens with one attached hydrogen (secondary N) is 1. The van der Waals surface area contributed by atoms with Crippen LogP contribution in [0.1, 0.15) is 32.1 Å². The van der Waals surface area contributed by atoms with Gasteiger partial charge in [-0.1, -0.05) is 12.8 Å². The summed E-state index contributed by atoms with van der Waals surface area (Å²) in [6, 6.07) is 0. The second-order valence-electron chi connectivity index (χ2n) is 6.34. The Labute approximate surface area is 116 Å². The number of rotatable bonds is 3. The summed E-state index contributed by atoms with van der Waals surface area (Å²) in [7, 11) is 0. The first-order valence-corrected chi connectivity index (χ1v) is 7.40. The van der Waals surface area contributed by atoms with E-state index in [0.717, 1.165) is 13.1 Å². The van der Waals surface area contributed by atoms with E-state index in [9.17, 15) is 18.4 Å². The maximum absolute atomic E-state index is 12.7. The van der Waals surface area contributed by atoms with Crippen molar-refractivity contribution in [1.29, 1.82) is 0 Å². The van der Waals surface area contributed by atoms with Crippen LogP contribution in [-0.2, 0) is 9.59 Å². The van der Waals surface area contributed by atoms with Crippen molar-refractivity contribution in [2.24, 2.45) is 17.8 Å². The van der Waals surface area contributed by atoms with Gasteiger partial charge < -0.3 is 10.2 Å². The molecule has 20 heavy (non-hydrogen) atoms. The van der Waals surface area contributed by atoms with Crippen LogP contribution >= 0.6 is 0 Å². The van der Waals surface area contributed by atoms with Gasteiger partial charge in [-0.05, 0) is 24.7 Å². The second-order valence-corrected chi connectivity index (χ2v) is 6.34. The first-order valence-electron chi connectivity index (χ1n) is 7.40. The highest BCUT2D eigenvalue weighted by Crippen LogP contribution is 2.48. The maximum Gasteiger partial charge on any atom is 0.260 e. The van der Waals surface area contributed by atoms with Crippen LogP contribution in [0.15, 0.2) is 0 Å². The Morgan fingerprint density at radius 3 is 2.20 bits per heavy atom. The van der Waals surface area contributed by atoms with Crippen molar-refractivity contribution in [1.82, 2.24) is 10.2 Å². The van der Waals surface area contributed by atoms with Crippen molar-refractivity contribution >= 4 is 11.8 Å². The van der Waals surface area contributed by atoms with Crippen LogP contribution in [0.3, 0.4) is 0 Å². The zero-order chi connectivity index (χ0) is 14.3. The first-order chi connectivity index (χ1) is 9.47. The number of hydrogen-bond acceptors (Lipinski definition) is 2. The largest absolute Gasteiger partial charge is 0.347 e. The molecule has 1 aliphatic heterocycles. The molecule has 3 unspecified atom stereocenters. The number of halogens is 2. The smallest absolute Gasteiger partial charge is 0.260 e. The molecular formula is C14H20F2N2O2. The van der Waals surface area contributed by atoms with Crippen LogP contribution in [-0.4, -0.2) is 42.3 Å².